The second kappa shape index (κ2) is 5.69. The second-order valence-corrected chi connectivity index (χ2v) is 6.47. The topological polar surface area (TPSA) is 30.5 Å². The number of hydrogen-bond donors (Lipinski definition) is 1. The fourth-order valence-corrected chi connectivity index (χ4v) is 2.83. The summed E-state index contributed by atoms with van der Waals surface area (Å²) in [6.45, 7) is 11.9. The van der Waals surface area contributed by atoms with E-state index in [2.05, 4.69) is 25.3 Å². The van der Waals surface area contributed by atoms with Crippen molar-refractivity contribution in [3.05, 3.63) is 0 Å². The third-order valence-corrected chi connectivity index (χ3v) is 3.35. The fourth-order valence-electron chi connectivity index (χ4n) is 1.14. The minimum absolute atomic E-state index is 0.100. The molecular formula is C8H21NO2Si. The van der Waals surface area contributed by atoms with E-state index in [0.29, 0.717) is 0 Å². The van der Waals surface area contributed by atoms with Gasteiger partial charge in [0.25, 0.3) is 0 Å². The third kappa shape index (κ3) is 5.71. The maximum absolute atomic E-state index is 5.72. The van der Waals surface area contributed by atoms with Gasteiger partial charge in [0, 0.05) is 6.61 Å². The molecule has 0 saturated carbocycles. The smallest absolute Gasteiger partial charge is 0.332 e. The molecule has 0 radical (unpaired) electrons. The highest BCUT2D eigenvalue weighted by molar-refractivity contribution is 6.64. The Morgan fingerprint density at radius 2 is 1.92 bits per heavy atom. The SMILES string of the molecule is CCNC(C)O[Si](C)(C)OCC. The molecule has 0 aliphatic carbocycles. The zero-order valence-corrected chi connectivity index (χ0v) is 9.81. The lowest BCUT2D eigenvalue weighted by molar-refractivity contribution is 0.114. The molecule has 0 rings (SSSR count). The quantitative estimate of drug-likeness (QED) is 0.512. The first-order valence-corrected chi connectivity index (χ1v) is 7.38. The van der Waals surface area contributed by atoms with Crippen LogP contribution in [-0.4, -0.2) is 27.9 Å². The molecule has 0 aliphatic heterocycles. The van der Waals surface area contributed by atoms with Crippen molar-refractivity contribution < 1.29 is 8.85 Å². The Labute approximate surface area is 76.7 Å². The first-order valence-electron chi connectivity index (χ1n) is 4.57. The van der Waals surface area contributed by atoms with Gasteiger partial charge in [-0.2, -0.15) is 0 Å². The van der Waals surface area contributed by atoms with Crippen LogP contribution in [0.15, 0.2) is 0 Å². The number of rotatable bonds is 6. The Balaban J connectivity index is 3.70. The Kier molecular flexibility index (Phi) is 5.74. The molecule has 0 aliphatic rings. The average Bonchev–Trinajstić information content (AvgIpc) is 1.85. The average molecular weight is 191 g/mol. The molecular weight excluding hydrogens is 170 g/mol. The summed E-state index contributed by atoms with van der Waals surface area (Å²) in [5.74, 6) is 0. The third-order valence-electron chi connectivity index (χ3n) is 1.44. The van der Waals surface area contributed by atoms with Crippen LogP contribution in [0, 0.1) is 0 Å². The van der Waals surface area contributed by atoms with Crippen LogP contribution in [0.25, 0.3) is 0 Å². The van der Waals surface area contributed by atoms with Gasteiger partial charge in [-0.25, -0.2) is 0 Å². The van der Waals surface area contributed by atoms with Crippen LogP contribution in [0.3, 0.4) is 0 Å². The van der Waals surface area contributed by atoms with Crippen LogP contribution in [0.2, 0.25) is 13.1 Å². The minimum atomic E-state index is -1.87. The van der Waals surface area contributed by atoms with Gasteiger partial charge >= 0.3 is 8.56 Å². The van der Waals surface area contributed by atoms with Crippen molar-refractivity contribution >= 4 is 8.56 Å². The van der Waals surface area contributed by atoms with Gasteiger partial charge in [-0.05, 0) is 33.5 Å². The van der Waals surface area contributed by atoms with Crippen LogP contribution < -0.4 is 5.32 Å². The van der Waals surface area contributed by atoms with Crippen molar-refractivity contribution in [3.8, 4) is 0 Å². The highest BCUT2D eigenvalue weighted by Gasteiger charge is 2.25. The highest BCUT2D eigenvalue weighted by Crippen LogP contribution is 2.07. The van der Waals surface area contributed by atoms with Crippen molar-refractivity contribution in [2.24, 2.45) is 0 Å². The van der Waals surface area contributed by atoms with Gasteiger partial charge in [0.1, 0.15) is 0 Å². The van der Waals surface area contributed by atoms with Crippen molar-refractivity contribution in [3.63, 3.8) is 0 Å². The zero-order chi connectivity index (χ0) is 9.61. The lowest BCUT2D eigenvalue weighted by atomic mass is 10.6. The second-order valence-electron chi connectivity index (χ2n) is 3.15. The van der Waals surface area contributed by atoms with Crippen LogP contribution in [0.1, 0.15) is 20.8 Å². The molecule has 4 heteroatoms. The molecule has 0 aromatic heterocycles. The Morgan fingerprint density at radius 3 is 2.33 bits per heavy atom. The first kappa shape index (κ1) is 12.1. The predicted molar refractivity (Wildman–Crippen MR) is 53.3 cm³/mol. The van der Waals surface area contributed by atoms with E-state index in [4.69, 9.17) is 8.85 Å². The monoisotopic (exact) mass is 191 g/mol. The molecule has 0 amide bonds. The number of hydrogen-bond acceptors (Lipinski definition) is 3. The summed E-state index contributed by atoms with van der Waals surface area (Å²) >= 11 is 0. The summed E-state index contributed by atoms with van der Waals surface area (Å²) in [6.07, 6.45) is 0.100. The van der Waals surface area contributed by atoms with Gasteiger partial charge in [-0.1, -0.05) is 6.92 Å². The molecule has 0 aromatic carbocycles. The molecule has 1 N–H and O–H groups in total. The first-order chi connectivity index (χ1) is 5.52. The van der Waals surface area contributed by atoms with Crippen molar-refractivity contribution in [1.29, 1.82) is 0 Å². The molecule has 1 unspecified atom stereocenters. The molecule has 0 saturated heterocycles. The molecule has 1 atom stereocenters. The summed E-state index contributed by atoms with van der Waals surface area (Å²) in [5.41, 5.74) is 0. The van der Waals surface area contributed by atoms with E-state index in [1.807, 2.05) is 13.8 Å². The summed E-state index contributed by atoms with van der Waals surface area (Å²) in [6, 6.07) is 0. The largest absolute Gasteiger partial charge is 0.395 e. The van der Waals surface area contributed by atoms with Crippen molar-refractivity contribution in [2.45, 2.75) is 40.1 Å². The summed E-state index contributed by atoms with van der Waals surface area (Å²) in [5, 5.41) is 3.19. The molecule has 0 heterocycles. The van der Waals surface area contributed by atoms with E-state index in [0.717, 1.165) is 13.2 Å². The van der Waals surface area contributed by atoms with Gasteiger partial charge in [-0.3, -0.25) is 5.32 Å². The van der Waals surface area contributed by atoms with Crippen LogP contribution in [-0.2, 0) is 8.85 Å². The molecule has 12 heavy (non-hydrogen) atoms. The lowest BCUT2D eigenvalue weighted by Gasteiger charge is -2.26. The summed E-state index contributed by atoms with van der Waals surface area (Å²) in [4.78, 5) is 0. The van der Waals surface area contributed by atoms with Crippen molar-refractivity contribution in [2.75, 3.05) is 13.2 Å². The zero-order valence-electron chi connectivity index (χ0n) is 8.81. The standard InChI is InChI=1S/C8H21NO2Si/c1-6-9-8(3)11-12(4,5)10-7-2/h8-9H,6-7H2,1-5H3. The van der Waals surface area contributed by atoms with Crippen LogP contribution in [0.4, 0.5) is 0 Å². The van der Waals surface area contributed by atoms with Crippen LogP contribution >= 0.6 is 0 Å². The molecule has 0 fully saturated rings. The van der Waals surface area contributed by atoms with Gasteiger partial charge in [0.05, 0.1) is 6.23 Å². The van der Waals surface area contributed by atoms with E-state index in [-0.39, 0.29) is 6.23 Å². The van der Waals surface area contributed by atoms with Crippen LogP contribution in [0.5, 0.6) is 0 Å². The van der Waals surface area contributed by atoms with Gasteiger partial charge in [0.15, 0.2) is 0 Å². The van der Waals surface area contributed by atoms with Gasteiger partial charge in [0.2, 0.25) is 0 Å². The molecule has 3 nitrogen and oxygen atoms in total. The van der Waals surface area contributed by atoms with Gasteiger partial charge < -0.3 is 8.85 Å². The maximum atomic E-state index is 5.72. The molecule has 74 valence electrons. The summed E-state index contributed by atoms with van der Waals surface area (Å²) in [7, 11) is -1.87. The molecule has 0 bridgehead atoms. The summed E-state index contributed by atoms with van der Waals surface area (Å²) < 4.78 is 11.2. The van der Waals surface area contributed by atoms with E-state index < -0.39 is 8.56 Å². The van der Waals surface area contributed by atoms with Crippen molar-refractivity contribution in [1.82, 2.24) is 5.32 Å². The number of nitrogens with one attached hydrogen (secondary N) is 1. The minimum Gasteiger partial charge on any atom is -0.395 e. The Bertz CT molecular complexity index is 120. The highest BCUT2D eigenvalue weighted by atomic mass is 28.4. The van der Waals surface area contributed by atoms with E-state index >= 15 is 0 Å². The van der Waals surface area contributed by atoms with Gasteiger partial charge in [-0.15, -0.1) is 0 Å². The maximum Gasteiger partial charge on any atom is 0.332 e. The Morgan fingerprint density at radius 1 is 1.33 bits per heavy atom. The Hall–Kier alpha value is 0.0969. The normalized spacial score (nSPS) is 14.8. The fraction of sp³-hybridized carbons (Fsp3) is 1.00. The molecule has 0 spiro atoms. The molecule has 0 aromatic rings. The predicted octanol–water partition coefficient (Wildman–Crippen LogP) is 1.70. The van der Waals surface area contributed by atoms with E-state index in [1.165, 1.54) is 0 Å². The lowest BCUT2D eigenvalue weighted by Crippen LogP contribution is -2.43. The van der Waals surface area contributed by atoms with E-state index in [1.54, 1.807) is 0 Å². The van der Waals surface area contributed by atoms with E-state index in [9.17, 15) is 0 Å².